The Kier molecular flexibility index (Phi) is 2.81. The zero-order valence-electron chi connectivity index (χ0n) is 8.68. The predicted molar refractivity (Wildman–Crippen MR) is 54.2 cm³/mol. The molecule has 0 heterocycles. The maximum Gasteiger partial charge on any atom is 0.0927 e. The number of hydrogen-bond acceptors (Lipinski definition) is 2. The Balaban J connectivity index is 3.20. The number of aryl methyl sites for hydroxylation is 2. The van der Waals surface area contributed by atoms with Crippen LogP contribution in [0.1, 0.15) is 35.2 Å². The lowest BCUT2D eigenvalue weighted by atomic mass is 9.98. The standard InChI is InChI=1S/C11H16N2/c1-7-5-11(10(4)13-12)6-8(2)9(7)3/h5-6,10,12H,1-4H3. The fourth-order valence-electron chi connectivity index (χ4n) is 1.38. The van der Waals surface area contributed by atoms with E-state index in [4.69, 9.17) is 5.53 Å². The summed E-state index contributed by atoms with van der Waals surface area (Å²) in [5, 5.41) is 3.52. The minimum atomic E-state index is -0.0157. The molecule has 0 aliphatic carbocycles. The predicted octanol–water partition coefficient (Wildman–Crippen LogP) is 3.70. The highest BCUT2D eigenvalue weighted by Gasteiger charge is 2.06. The Morgan fingerprint density at radius 2 is 1.62 bits per heavy atom. The lowest BCUT2D eigenvalue weighted by molar-refractivity contribution is 0.732. The average Bonchev–Trinajstić information content (AvgIpc) is 2.12. The van der Waals surface area contributed by atoms with Crippen molar-refractivity contribution in [2.75, 3.05) is 0 Å². The van der Waals surface area contributed by atoms with Gasteiger partial charge in [-0.2, -0.15) is 5.11 Å². The Hall–Kier alpha value is -1.18. The highest BCUT2D eigenvalue weighted by atomic mass is 15.0. The van der Waals surface area contributed by atoms with E-state index in [9.17, 15) is 0 Å². The van der Waals surface area contributed by atoms with Gasteiger partial charge in [0.2, 0.25) is 0 Å². The first kappa shape index (κ1) is 9.90. The van der Waals surface area contributed by atoms with Crippen molar-refractivity contribution in [2.24, 2.45) is 5.11 Å². The van der Waals surface area contributed by atoms with Gasteiger partial charge >= 0.3 is 0 Å². The summed E-state index contributed by atoms with van der Waals surface area (Å²) in [7, 11) is 0. The third-order valence-corrected chi connectivity index (χ3v) is 2.63. The molecule has 0 radical (unpaired) electrons. The Morgan fingerprint density at radius 3 is 2.00 bits per heavy atom. The van der Waals surface area contributed by atoms with Crippen LogP contribution in [0.4, 0.5) is 0 Å². The molecule has 0 saturated carbocycles. The molecule has 0 aliphatic heterocycles. The second-order valence-electron chi connectivity index (χ2n) is 3.58. The maximum atomic E-state index is 6.97. The normalized spacial score (nSPS) is 12.6. The summed E-state index contributed by atoms with van der Waals surface area (Å²) in [6.07, 6.45) is 0. The van der Waals surface area contributed by atoms with Crippen LogP contribution >= 0.6 is 0 Å². The minimum Gasteiger partial charge on any atom is -0.209 e. The number of nitrogens with one attached hydrogen (secondary N) is 1. The summed E-state index contributed by atoms with van der Waals surface area (Å²) >= 11 is 0. The van der Waals surface area contributed by atoms with Crippen molar-refractivity contribution >= 4 is 0 Å². The van der Waals surface area contributed by atoms with Gasteiger partial charge < -0.3 is 0 Å². The zero-order valence-corrected chi connectivity index (χ0v) is 8.68. The van der Waals surface area contributed by atoms with E-state index in [1.165, 1.54) is 16.7 Å². The van der Waals surface area contributed by atoms with Gasteiger partial charge in [0, 0.05) is 0 Å². The van der Waals surface area contributed by atoms with Gasteiger partial charge in [-0.05, 0) is 49.9 Å². The molecule has 0 amide bonds. The van der Waals surface area contributed by atoms with Crippen molar-refractivity contribution in [3.63, 3.8) is 0 Å². The Bertz CT molecular complexity index is 306. The van der Waals surface area contributed by atoms with Crippen LogP contribution in [0.3, 0.4) is 0 Å². The Labute approximate surface area is 79.5 Å². The third-order valence-electron chi connectivity index (χ3n) is 2.63. The SMILES string of the molecule is Cc1cc(C(C)N=N)cc(C)c1C. The quantitative estimate of drug-likeness (QED) is 0.667. The number of benzene rings is 1. The molecule has 0 aliphatic rings. The molecule has 0 spiro atoms. The van der Waals surface area contributed by atoms with Crippen molar-refractivity contribution in [3.05, 3.63) is 34.4 Å². The number of rotatable bonds is 2. The second kappa shape index (κ2) is 3.69. The van der Waals surface area contributed by atoms with E-state index in [-0.39, 0.29) is 6.04 Å². The van der Waals surface area contributed by atoms with Gasteiger partial charge in [0.15, 0.2) is 0 Å². The molecule has 0 fully saturated rings. The summed E-state index contributed by atoms with van der Waals surface area (Å²) in [6.45, 7) is 8.26. The van der Waals surface area contributed by atoms with Crippen LogP contribution in [-0.4, -0.2) is 0 Å². The summed E-state index contributed by atoms with van der Waals surface area (Å²) in [5.74, 6) is 0. The van der Waals surface area contributed by atoms with Gasteiger partial charge in [0.25, 0.3) is 0 Å². The van der Waals surface area contributed by atoms with Crippen molar-refractivity contribution in [3.8, 4) is 0 Å². The smallest absolute Gasteiger partial charge is 0.0927 e. The van der Waals surface area contributed by atoms with Crippen LogP contribution in [0.15, 0.2) is 17.2 Å². The zero-order chi connectivity index (χ0) is 10.0. The molecule has 0 aromatic heterocycles. The molecule has 0 bridgehead atoms. The van der Waals surface area contributed by atoms with Crippen molar-refractivity contribution in [1.82, 2.24) is 0 Å². The molecule has 2 heteroatoms. The average molecular weight is 176 g/mol. The Morgan fingerprint density at radius 1 is 1.15 bits per heavy atom. The maximum absolute atomic E-state index is 6.97. The largest absolute Gasteiger partial charge is 0.209 e. The van der Waals surface area contributed by atoms with E-state index >= 15 is 0 Å². The third kappa shape index (κ3) is 1.94. The van der Waals surface area contributed by atoms with E-state index in [1.807, 2.05) is 6.92 Å². The highest BCUT2D eigenvalue weighted by Crippen LogP contribution is 2.22. The lowest BCUT2D eigenvalue weighted by Gasteiger charge is -2.10. The summed E-state index contributed by atoms with van der Waals surface area (Å²) in [4.78, 5) is 0. The molecule has 0 saturated heterocycles. The minimum absolute atomic E-state index is 0.0157. The van der Waals surface area contributed by atoms with E-state index in [0.29, 0.717) is 0 Å². The van der Waals surface area contributed by atoms with Gasteiger partial charge in [0.1, 0.15) is 0 Å². The van der Waals surface area contributed by atoms with E-state index in [1.54, 1.807) is 0 Å². The van der Waals surface area contributed by atoms with Gasteiger partial charge in [-0.25, -0.2) is 5.53 Å². The van der Waals surface area contributed by atoms with Crippen molar-refractivity contribution in [2.45, 2.75) is 33.7 Å². The first-order chi connectivity index (χ1) is 6.06. The highest BCUT2D eigenvalue weighted by molar-refractivity contribution is 5.37. The van der Waals surface area contributed by atoms with E-state index in [0.717, 1.165) is 5.56 Å². The molecule has 13 heavy (non-hydrogen) atoms. The first-order valence-electron chi connectivity index (χ1n) is 4.50. The van der Waals surface area contributed by atoms with Crippen LogP contribution in [0.5, 0.6) is 0 Å². The summed E-state index contributed by atoms with van der Waals surface area (Å²) in [6, 6.07) is 4.22. The number of nitrogens with zero attached hydrogens (tertiary/aromatic N) is 1. The van der Waals surface area contributed by atoms with Crippen LogP contribution in [-0.2, 0) is 0 Å². The summed E-state index contributed by atoms with van der Waals surface area (Å²) in [5.41, 5.74) is 12.0. The van der Waals surface area contributed by atoms with Crippen LogP contribution in [0.25, 0.3) is 0 Å². The van der Waals surface area contributed by atoms with Crippen LogP contribution < -0.4 is 0 Å². The number of hydrogen-bond donors (Lipinski definition) is 1. The monoisotopic (exact) mass is 176 g/mol. The van der Waals surface area contributed by atoms with Crippen LogP contribution in [0, 0.1) is 26.3 Å². The van der Waals surface area contributed by atoms with E-state index < -0.39 is 0 Å². The molecule has 1 unspecified atom stereocenters. The van der Waals surface area contributed by atoms with Gasteiger partial charge in [-0.3, -0.25) is 0 Å². The molecule has 1 aromatic rings. The molecular formula is C11H16N2. The van der Waals surface area contributed by atoms with Crippen molar-refractivity contribution in [1.29, 1.82) is 5.53 Å². The molecule has 2 nitrogen and oxygen atoms in total. The van der Waals surface area contributed by atoms with Gasteiger partial charge in [-0.15, -0.1) is 0 Å². The molecule has 1 rings (SSSR count). The summed E-state index contributed by atoms with van der Waals surface area (Å²) < 4.78 is 0. The molecule has 1 N–H and O–H groups in total. The molecule has 1 atom stereocenters. The molecule has 1 aromatic carbocycles. The second-order valence-corrected chi connectivity index (χ2v) is 3.58. The lowest BCUT2D eigenvalue weighted by Crippen LogP contribution is -1.94. The fraction of sp³-hybridized carbons (Fsp3) is 0.455. The molecule has 70 valence electrons. The molecular weight excluding hydrogens is 160 g/mol. The topological polar surface area (TPSA) is 36.2 Å². The van der Waals surface area contributed by atoms with Crippen molar-refractivity contribution < 1.29 is 0 Å². The van der Waals surface area contributed by atoms with E-state index in [2.05, 4.69) is 38.0 Å². The van der Waals surface area contributed by atoms with Gasteiger partial charge in [-0.1, -0.05) is 12.1 Å². The van der Waals surface area contributed by atoms with Gasteiger partial charge in [0.05, 0.1) is 6.04 Å². The van der Waals surface area contributed by atoms with Crippen LogP contribution in [0.2, 0.25) is 0 Å². The fourth-order valence-corrected chi connectivity index (χ4v) is 1.38. The first-order valence-corrected chi connectivity index (χ1v) is 4.50.